The summed E-state index contributed by atoms with van der Waals surface area (Å²) in [5.74, 6) is 3.10. The first-order chi connectivity index (χ1) is 29.9. The lowest BCUT2D eigenvalue weighted by molar-refractivity contribution is -0.383. The van der Waals surface area contributed by atoms with Crippen molar-refractivity contribution >= 4 is 28.6 Å². The van der Waals surface area contributed by atoms with Crippen molar-refractivity contribution in [3.8, 4) is 5.75 Å². The average Bonchev–Trinajstić information content (AvgIpc) is 3.89. The maximum absolute atomic E-state index is 14.3. The summed E-state index contributed by atoms with van der Waals surface area (Å²) in [6.45, 7) is 9.40. The molecule has 4 fully saturated rings. The van der Waals surface area contributed by atoms with E-state index in [9.17, 15) is 24.8 Å². The molecule has 4 unspecified atom stereocenters. The summed E-state index contributed by atoms with van der Waals surface area (Å²) in [4.78, 5) is 40.8. The van der Waals surface area contributed by atoms with Gasteiger partial charge in [-0.2, -0.15) is 0 Å². The van der Waals surface area contributed by atoms with Gasteiger partial charge in [0.2, 0.25) is 11.4 Å². The van der Waals surface area contributed by atoms with Gasteiger partial charge in [-0.3, -0.25) is 19.7 Å². The summed E-state index contributed by atoms with van der Waals surface area (Å²) < 4.78 is 21.2. The Hall–Kier alpha value is -4.79. The molecule has 2 N–H and O–H groups in total. The number of fused-ring (bicyclic) bond motifs is 6. The van der Waals surface area contributed by atoms with Crippen LogP contribution in [0.15, 0.2) is 46.1 Å². The van der Waals surface area contributed by atoms with Gasteiger partial charge in [-0.05, 0) is 169 Å². The van der Waals surface area contributed by atoms with Crippen LogP contribution in [0.1, 0.15) is 103 Å². The van der Waals surface area contributed by atoms with E-state index in [2.05, 4.69) is 46.4 Å². The van der Waals surface area contributed by atoms with E-state index in [-0.39, 0.29) is 52.3 Å². The number of phenols is 1. The third-order valence-electron chi connectivity index (χ3n) is 15.8. The van der Waals surface area contributed by atoms with Gasteiger partial charge in [0.05, 0.1) is 31.4 Å². The van der Waals surface area contributed by atoms with Gasteiger partial charge >= 0.3 is 11.7 Å². The molecule has 0 aliphatic heterocycles. The molecule has 336 valence electrons. The number of esters is 1. The number of carbonyl (C=O) groups is 2. The number of carbonyl (C=O) groups excluding carboxylic acids is 2. The number of hydrogen-bond acceptors (Lipinski definition) is 12. The van der Waals surface area contributed by atoms with Gasteiger partial charge in [0, 0.05) is 35.9 Å². The van der Waals surface area contributed by atoms with Gasteiger partial charge in [0.25, 0.3) is 0 Å². The highest BCUT2D eigenvalue weighted by Gasteiger charge is 2.60. The molecule has 4 aliphatic rings. The van der Waals surface area contributed by atoms with Crippen LogP contribution in [0.25, 0.3) is 21.5 Å². The highest BCUT2D eigenvalue weighted by atomic mass is 16.6. The van der Waals surface area contributed by atoms with Gasteiger partial charge in [-0.15, -0.1) is 0 Å². The summed E-state index contributed by atoms with van der Waals surface area (Å²) >= 11 is 0. The highest BCUT2D eigenvalue weighted by molar-refractivity contribution is 5.87. The van der Waals surface area contributed by atoms with Crippen LogP contribution in [0.3, 0.4) is 0 Å². The number of rotatable bonds is 20. The first-order valence-corrected chi connectivity index (χ1v) is 22.7. The molecule has 3 aromatic rings. The minimum atomic E-state index is -0.511. The summed E-state index contributed by atoms with van der Waals surface area (Å²) in [7, 11) is 0. The van der Waals surface area contributed by atoms with Crippen LogP contribution in [0, 0.1) is 62.4 Å². The van der Waals surface area contributed by atoms with Crippen LogP contribution < -0.4 is 5.32 Å². The molecule has 16 heteroatoms. The summed E-state index contributed by atoms with van der Waals surface area (Å²) in [6.07, 6.45) is 12.3. The summed E-state index contributed by atoms with van der Waals surface area (Å²) in [5.41, 5.74) is 10.5. The Morgan fingerprint density at radius 3 is 2.45 bits per heavy atom. The van der Waals surface area contributed by atoms with Crippen molar-refractivity contribution < 1.29 is 38.5 Å². The Kier molecular flexibility index (Phi) is 14.7. The van der Waals surface area contributed by atoms with Gasteiger partial charge in [-0.25, -0.2) is 4.63 Å². The quantitative estimate of drug-likeness (QED) is 0.0208. The molecule has 10 atom stereocenters. The predicted octanol–water partition coefficient (Wildman–Crippen LogP) is 8.68. The maximum atomic E-state index is 14.3. The molecule has 62 heavy (non-hydrogen) atoms. The fourth-order valence-corrected chi connectivity index (χ4v) is 12.6. The lowest BCUT2D eigenvalue weighted by Gasteiger charge is -2.61. The first kappa shape index (κ1) is 45.2. The van der Waals surface area contributed by atoms with Gasteiger partial charge in [-0.1, -0.05) is 38.0 Å². The minimum Gasteiger partial charge on any atom is -0.508 e. The summed E-state index contributed by atoms with van der Waals surface area (Å²) in [6, 6.07) is 9.99. The van der Waals surface area contributed by atoms with Gasteiger partial charge in [0.15, 0.2) is 0 Å². The smallest absolute Gasteiger partial charge is 0.305 e. The normalized spacial score (nSPS) is 28.8. The number of amides is 1. The number of ether oxygens (including phenoxy) is 3. The van der Waals surface area contributed by atoms with E-state index in [1.165, 1.54) is 44.6 Å². The molecule has 16 nitrogen and oxygen atoms in total. The standard InChI is InChI=1S/C46H63N7O9/c1-29(4-15-41(55)61-25-24-60-23-22-59-21-20-48-52-47)37-12-13-38-36-11-8-33-28-34(16-18-45(33,2)39(36)17-19-46(37,38)3)49-44(56)32(26-30-5-9-35(54)10-6-30)27-31-7-14-40(53(57)58)43-42(31)50-62-51-43/h5-7,9-10,14,29,32-34,36-39,54H,4,8,11-13,15-28H2,1-3H3,(H,49,56)/t29-,32-,33-,34-,36?,37?,38?,39?,45+,46-/m1/s1. The van der Waals surface area contributed by atoms with Crippen molar-refractivity contribution in [2.24, 2.45) is 57.4 Å². The van der Waals surface area contributed by atoms with Crippen molar-refractivity contribution in [1.82, 2.24) is 15.6 Å². The van der Waals surface area contributed by atoms with Crippen LogP contribution in [0.2, 0.25) is 0 Å². The van der Waals surface area contributed by atoms with Crippen LogP contribution in [0.5, 0.6) is 5.75 Å². The zero-order chi connectivity index (χ0) is 43.9. The Morgan fingerprint density at radius 2 is 1.68 bits per heavy atom. The third kappa shape index (κ3) is 10.0. The monoisotopic (exact) mass is 857 g/mol. The number of benzene rings is 2. The topological polar surface area (TPSA) is 225 Å². The highest BCUT2D eigenvalue weighted by Crippen LogP contribution is 2.68. The molecule has 0 bridgehead atoms. The first-order valence-electron chi connectivity index (χ1n) is 22.7. The fourth-order valence-electron chi connectivity index (χ4n) is 12.6. The van der Waals surface area contributed by atoms with Gasteiger partial charge < -0.3 is 24.6 Å². The van der Waals surface area contributed by atoms with Crippen LogP contribution >= 0.6 is 0 Å². The molecular formula is C46H63N7O9. The second-order valence-corrected chi connectivity index (χ2v) is 19.0. The lowest BCUT2D eigenvalue weighted by atomic mass is 9.44. The van der Waals surface area contributed by atoms with E-state index < -0.39 is 10.8 Å². The van der Waals surface area contributed by atoms with Crippen LogP contribution in [-0.2, 0) is 36.6 Å². The number of nitrogens with zero attached hydrogens (tertiary/aromatic N) is 6. The molecule has 4 saturated carbocycles. The van der Waals surface area contributed by atoms with Gasteiger partial charge in [0.1, 0.15) is 17.9 Å². The SMILES string of the molecule is C[C@H](CCC(=O)OCCOCCOCCN=[N+]=[N-])C1CCC2C3CC[C@@H]4C[C@H](NC(=O)[C@H](Cc5ccc(O)cc5)Cc5ccc([N+](=O)[O-])c6nonc56)CC[C@]4(C)C3CC[C@@]21C. The number of aromatic nitrogens is 2. The second kappa shape index (κ2) is 20.2. The molecule has 0 spiro atoms. The number of aromatic hydroxyl groups is 1. The van der Waals surface area contributed by atoms with Crippen LogP contribution in [-0.4, -0.2) is 77.8 Å². The molecule has 7 rings (SSSR count). The van der Waals surface area contributed by atoms with Crippen molar-refractivity contribution in [3.63, 3.8) is 0 Å². The molecule has 1 heterocycles. The number of non-ortho nitro benzene ring substituents is 1. The second-order valence-electron chi connectivity index (χ2n) is 19.0. The average molecular weight is 858 g/mol. The number of nitrogens with one attached hydrogen (secondary N) is 1. The molecule has 4 aliphatic carbocycles. The number of nitro groups is 1. The van der Waals surface area contributed by atoms with Crippen molar-refractivity contribution in [2.45, 2.75) is 110 Å². The minimum absolute atomic E-state index is 0.0522. The molecule has 1 amide bonds. The zero-order valence-electron chi connectivity index (χ0n) is 36.4. The summed E-state index contributed by atoms with van der Waals surface area (Å²) in [5, 5.41) is 36.2. The molecule has 1 aromatic heterocycles. The van der Waals surface area contributed by atoms with E-state index in [1.54, 1.807) is 18.2 Å². The fraction of sp³-hybridized carbons (Fsp3) is 0.696. The molecular weight excluding hydrogens is 795 g/mol. The Morgan fingerprint density at radius 1 is 0.952 bits per heavy atom. The Balaban J connectivity index is 0.912. The molecule has 2 aromatic carbocycles. The van der Waals surface area contributed by atoms with Crippen molar-refractivity contribution in [1.29, 1.82) is 0 Å². The maximum Gasteiger partial charge on any atom is 0.305 e. The number of azide groups is 1. The molecule has 0 saturated heterocycles. The van der Waals surface area contributed by atoms with E-state index in [4.69, 9.17) is 24.4 Å². The third-order valence-corrected chi connectivity index (χ3v) is 15.8. The van der Waals surface area contributed by atoms with Crippen molar-refractivity contribution in [2.75, 3.05) is 39.6 Å². The molecule has 0 radical (unpaired) electrons. The number of nitro benzene ring substituents is 1. The predicted molar refractivity (Wildman–Crippen MR) is 230 cm³/mol. The lowest BCUT2D eigenvalue weighted by Crippen LogP contribution is -2.56. The van der Waals surface area contributed by atoms with E-state index in [1.807, 2.05) is 12.1 Å². The van der Waals surface area contributed by atoms with E-state index >= 15 is 0 Å². The largest absolute Gasteiger partial charge is 0.508 e. The Labute approximate surface area is 362 Å². The number of hydrogen-bond donors (Lipinski definition) is 2. The van der Waals surface area contributed by atoms with E-state index in [0.29, 0.717) is 98.8 Å². The van der Waals surface area contributed by atoms with Crippen LogP contribution in [0.4, 0.5) is 5.69 Å². The zero-order valence-corrected chi connectivity index (χ0v) is 36.4. The Bertz CT molecular complexity index is 2070. The van der Waals surface area contributed by atoms with Crippen molar-refractivity contribution in [3.05, 3.63) is 68.1 Å². The van der Waals surface area contributed by atoms with E-state index in [0.717, 1.165) is 31.2 Å². The number of phenolic OH excluding ortho intramolecular Hbond substituents is 1.